The van der Waals surface area contributed by atoms with Crippen molar-refractivity contribution < 1.29 is 0 Å². The molecular formula is C11H11Cl2N3. The van der Waals surface area contributed by atoms with Crippen LogP contribution in [0.15, 0.2) is 30.5 Å². The maximum atomic E-state index is 5.95. The molecule has 0 saturated heterocycles. The Bertz CT molecular complexity index is 494. The number of nitrogens with zero attached hydrogens (tertiary/aromatic N) is 2. The van der Waals surface area contributed by atoms with Gasteiger partial charge in [-0.1, -0.05) is 29.3 Å². The molecule has 0 unspecified atom stereocenters. The van der Waals surface area contributed by atoms with Crippen molar-refractivity contribution in [2.24, 2.45) is 5.73 Å². The van der Waals surface area contributed by atoms with Gasteiger partial charge in [0, 0.05) is 18.3 Å². The first kappa shape index (κ1) is 11.5. The monoisotopic (exact) mass is 255 g/mol. The highest BCUT2D eigenvalue weighted by Gasteiger charge is 2.04. The Morgan fingerprint density at radius 3 is 2.69 bits per heavy atom. The van der Waals surface area contributed by atoms with E-state index in [0.29, 0.717) is 23.1 Å². The molecule has 0 aliphatic rings. The fourth-order valence-electron chi connectivity index (χ4n) is 1.43. The van der Waals surface area contributed by atoms with Gasteiger partial charge >= 0.3 is 0 Å². The molecule has 84 valence electrons. The average Bonchev–Trinajstić information content (AvgIpc) is 2.71. The molecule has 0 spiro atoms. The third-order valence-corrected chi connectivity index (χ3v) is 2.95. The molecule has 1 aromatic heterocycles. The lowest BCUT2D eigenvalue weighted by atomic mass is 10.2. The van der Waals surface area contributed by atoms with Crippen molar-refractivity contribution in [1.82, 2.24) is 9.78 Å². The van der Waals surface area contributed by atoms with E-state index < -0.39 is 0 Å². The maximum Gasteiger partial charge on any atom is 0.0923 e. The second-order valence-corrected chi connectivity index (χ2v) is 4.20. The Balaban J connectivity index is 2.31. The molecule has 0 saturated carbocycles. The minimum atomic E-state index is 0.535. The Kier molecular flexibility index (Phi) is 3.49. The van der Waals surface area contributed by atoms with Crippen molar-refractivity contribution in [3.8, 4) is 11.3 Å². The van der Waals surface area contributed by atoms with Crippen LogP contribution in [-0.4, -0.2) is 16.3 Å². The van der Waals surface area contributed by atoms with Crippen LogP contribution in [0.5, 0.6) is 0 Å². The van der Waals surface area contributed by atoms with Crippen LogP contribution in [0.3, 0.4) is 0 Å². The van der Waals surface area contributed by atoms with E-state index in [1.165, 1.54) is 0 Å². The SMILES string of the molecule is NCCn1ccc(-c2ccc(Cl)c(Cl)c2)n1. The van der Waals surface area contributed by atoms with E-state index in [9.17, 15) is 0 Å². The third-order valence-electron chi connectivity index (χ3n) is 2.21. The van der Waals surface area contributed by atoms with Gasteiger partial charge in [0.25, 0.3) is 0 Å². The first-order chi connectivity index (χ1) is 7.70. The van der Waals surface area contributed by atoms with Crippen LogP contribution >= 0.6 is 23.2 Å². The van der Waals surface area contributed by atoms with E-state index in [1.807, 2.05) is 18.3 Å². The lowest BCUT2D eigenvalue weighted by Crippen LogP contribution is -2.09. The second-order valence-electron chi connectivity index (χ2n) is 3.38. The highest BCUT2D eigenvalue weighted by molar-refractivity contribution is 6.42. The fraction of sp³-hybridized carbons (Fsp3) is 0.182. The Morgan fingerprint density at radius 2 is 2.00 bits per heavy atom. The van der Waals surface area contributed by atoms with Gasteiger partial charge in [0.2, 0.25) is 0 Å². The van der Waals surface area contributed by atoms with Crippen molar-refractivity contribution >= 4 is 23.2 Å². The first-order valence-corrected chi connectivity index (χ1v) is 5.65. The molecule has 1 heterocycles. The van der Waals surface area contributed by atoms with Gasteiger partial charge in [-0.3, -0.25) is 4.68 Å². The molecule has 0 amide bonds. The Labute approximate surface area is 104 Å². The van der Waals surface area contributed by atoms with Crippen LogP contribution in [0.4, 0.5) is 0 Å². The zero-order valence-corrected chi connectivity index (χ0v) is 10.0. The van der Waals surface area contributed by atoms with Crippen LogP contribution in [0.1, 0.15) is 0 Å². The zero-order chi connectivity index (χ0) is 11.5. The minimum Gasteiger partial charge on any atom is -0.329 e. The standard InChI is InChI=1S/C11H11Cl2N3/c12-9-2-1-8(7-10(9)13)11-3-5-16(15-11)6-4-14/h1-3,5,7H,4,6,14H2. The van der Waals surface area contributed by atoms with Gasteiger partial charge in [0.05, 0.1) is 22.3 Å². The van der Waals surface area contributed by atoms with Gasteiger partial charge in [-0.15, -0.1) is 0 Å². The number of nitrogens with two attached hydrogens (primary N) is 1. The maximum absolute atomic E-state index is 5.95. The normalized spacial score (nSPS) is 10.7. The average molecular weight is 256 g/mol. The first-order valence-electron chi connectivity index (χ1n) is 4.89. The second kappa shape index (κ2) is 4.87. The smallest absolute Gasteiger partial charge is 0.0923 e. The van der Waals surface area contributed by atoms with Crippen molar-refractivity contribution in [2.45, 2.75) is 6.54 Å². The summed E-state index contributed by atoms with van der Waals surface area (Å²) >= 11 is 11.8. The quantitative estimate of drug-likeness (QED) is 0.917. The number of aromatic nitrogens is 2. The van der Waals surface area contributed by atoms with Gasteiger partial charge in [-0.05, 0) is 18.2 Å². The number of rotatable bonds is 3. The van der Waals surface area contributed by atoms with Crippen LogP contribution in [0.25, 0.3) is 11.3 Å². The summed E-state index contributed by atoms with van der Waals surface area (Å²) in [6, 6.07) is 7.39. The van der Waals surface area contributed by atoms with Crippen LogP contribution in [0, 0.1) is 0 Å². The van der Waals surface area contributed by atoms with Gasteiger partial charge in [0.1, 0.15) is 0 Å². The number of hydrogen-bond acceptors (Lipinski definition) is 2. The van der Waals surface area contributed by atoms with Crippen LogP contribution in [-0.2, 0) is 6.54 Å². The lowest BCUT2D eigenvalue weighted by Gasteiger charge is -2.00. The summed E-state index contributed by atoms with van der Waals surface area (Å²) < 4.78 is 1.80. The summed E-state index contributed by atoms with van der Waals surface area (Å²) in [6.45, 7) is 1.28. The molecule has 3 nitrogen and oxygen atoms in total. The number of halogens is 2. The Morgan fingerprint density at radius 1 is 1.19 bits per heavy atom. The predicted octanol–water partition coefficient (Wildman–Crippen LogP) is 2.82. The predicted molar refractivity (Wildman–Crippen MR) is 66.7 cm³/mol. The highest BCUT2D eigenvalue weighted by atomic mass is 35.5. The van der Waals surface area contributed by atoms with Gasteiger partial charge in [-0.25, -0.2) is 0 Å². The molecule has 16 heavy (non-hydrogen) atoms. The molecule has 0 radical (unpaired) electrons. The van der Waals surface area contributed by atoms with Crippen LogP contribution in [0.2, 0.25) is 10.0 Å². The lowest BCUT2D eigenvalue weighted by molar-refractivity contribution is 0.627. The summed E-state index contributed by atoms with van der Waals surface area (Å²) in [6.07, 6.45) is 1.89. The van der Waals surface area contributed by atoms with Gasteiger partial charge in [-0.2, -0.15) is 5.10 Å². The molecular weight excluding hydrogens is 245 g/mol. The summed E-state index contributed by atoms with van der Waals surface area (Å²) in [4.78, 5) is 0. The molecule has 1 aromatic carbocycles. The minimum absolute atomic E-state index is 0.535. The van der Waals surface area contributed by atoms with Crippen molar-refractivity contribution in [1.29, 1.82) is 0 Å². The summed E-state index contributed by atoms with van der Waals surface area (Å²) in [5, 5.41) is 5.46. The topological polar surface area (TPSA) is 43.8 Å². The number of hydrogen-bond donors (Lipinski definition) is 1. The molecule has 0 bridgehead atoms. The molecule has 2 aromatic rings. The van der Waals surface area contributed by atoms with E-state index in [2.05, 4.69) is 5.10 Å². The molecule has 0 aliphatic heterocycles. The summed E-state index contributed by atoms with van der Waals surface area (Å²) in [5.74, 6) is 0. The summed E-state index contributed by atoms with van der Waals surface area (Å²) in [5.41, 5.74) is 7.27. The third kappa shape index (κ3) is 2.38. The largest absolute Gasteiger partial charge is 0.329 e. The van der Waals surface area contributed by atoms with Gasteiger partial charge in [0.15, 0.2) is 0 Å². The van der Waals surface area contributed by atoms with Crippen molar-refractivity contribution in [3.63, 3.8) is 0 Å². The molecule has 5 heteroatoms. The van der Waals surface area contributed by atoms with E-state index in [4.69, 9.17) is 28.9 Å². The van der Waals surface area contributed by atoms with E-state index in [1.54, 1.807) is 16.8 Å². The molecule has 0 atom stereocenters. The fourth-order valence-corrected chi connectivity index (χ4v) is 1.73. The summed E-state index contributed by atoms with van der Waals surface area (Å²) in [7, 11) is 0. The molecule has 0 fully saturated rings. The van der Waals surface area contributed by atoms with E-state index >= 15 is 0 Å². The van der Waals surface area contributed by atoms with E-state index in [-0.39, 0.29) is 0 Å². The Hall–Kier alpha value is -1.03. The molecule has 0 aliphatic carbocycles. The zero-order valence-electron chi connectivity index (χ0n) is 8.53. The van der Waals surface area contributed by atoms with Gasteiger partial charge < -0.3 is 5.73 Å². The molecule has 2 N–H and O–H groups in total. The molecule has 2 rings (SSSR count). The van der Waals surface area contributed by atoms with E-state index in [0.717, 1.165) is 11.3 Å². The number of benzene rings is 1. The van der Waals surface area contributed by atoms with Crippen molar-refractivity contribution in [2.75, 3.05) is 6.54 Å². The van der Waals surface area contributed by atoms with Crippen LogP contribution < -0.4 is 5.73 Å². The highest BCUT2D eigenvalue weighted by Crippen LogP contribution is 2.27. The van der Waals surface area contributed by atoms with Crippen molar-refractivity contribution in [3.05, 3.63) is 40.5 Å².